The molecule has 9 unspecified atom stereocenters. The van der Waals surface area contributed by atoms with Gasteiger partial charge in [-0.15, -0.1) is 0 Å². The third-order valence-electron chi connectivity index (χ3n) is 11.5. The Kier molecular flexibility index (Phi) is 14.3. The van der Waals surface area contributed by atoms with Crippen molar-refractivity contribution in [1.82, 2.24) is 13.7 Å². The van der Waals surface area contributed by atoms with E-state index < -0.39 is 53.3 Å². The van der Waals surface area contributed by atoms with Gasteiger partial charge in [0.2, 0.25) is 18.2 Å². The van der Waals surface area contributed by atoms with E-state index in [0.717, 1.165) is 57.8 Å². The minimum Gasteiger partial charge on any atom is -0.247 e. The van der Waals surface area contributed by atoms with Crippen LogP contribution in [0.25, 0.3) is 0 Å². The van der Waals surface area contributed by atoms with Gasteiger partial charge in [-0.05, 0) is 57.8 Å². The van der Waals surface area contributed by atoms with Crippen molar-refractivity contribution in [3.8, 4) is 0 Å². The molecule has 0 aromatic carbocycles. The molecule has 0 saturated heterocycles. The molecule has 4 rings (SSSR count). The van der Waals surface area contributed by atoms with Gasteiger partial charge in [-0.25, -0.2) is 57.4 Å². The third kappa shape index (κ3) is 8.05. The van der Waals surface area contributed by atoms with Gasteiger partial charge in [-0.2, -0.15) is 0 Å². The number of aromatic nitrogens is 3. The molecule has 264 valence electrons. The second-order valence-electron chi connectivity index (χ2n) is 14.2. The normalized spacial score (nSPS) is 27.8. The average molecular weight is 667 g/mol. The van der Waals surface area contributed by atoms with E-state index >= 15 is 0 Å². The van der Waals surface area contributed by atoms with E-state index in [0.29, 0.717) is 57.8 Å². The Bertz CT molecular complexity index is 1330. The molecule has 1 aromatic rings. The van der Waals surface area contributed by atoms with Gasteiger partial charge in [-0.3, -0.25) is 0 Å². The molecule has 3 saturated carbocycles. The standard InChI is InChI=1S/C36H54N6O6/c1-4-13-28(37-22-43)25-16-7-10-19-31(25)40-34(46)41(32-20-11-8-17-26(32)29(14-5-2)38-23-44)36(48)42(35(40)47)33-21-12-9-18-27(33)30(15-6-3)39-24-45/h25-33H,4-21H2,1-3H3. The highest BCUT2D eigenvalue weighted by molar-refractivity contribution is 5.34. The molecular formula is C36H54N6O6. The quantitative estimate of drug-likeness (QED) is 0.168. The molecule has 0 bridgehead atoms. The van der Waals surface area contributed by atoms with Crippen LogP contribution in [0.3, 0.4) is 0 Å². The smallest absolute Gasteiger partial charge is 0.247 e. The number of rotatable bonds is 15. The molecule has 12 nitrogen and oxygen atoms in total. The van der Waals surface area contributed by atoms with Crippen LogP contribution in [0.5, 0.6) is 0 Å². The van der Waals surface area contributed by atoms with E-state index in [9.17, 15) is 28.8 Å². The van der Waals surface area contributed by atoms with Gasteiger partial charge >= 0.3 is 17.1 Å². The zero-order valence-corrected chi connectivity index (χ0v) is 29.1. The zero-order valence-electron chi connectivity index (χ0n) is 29.1. The summed E-state index contributed by atoms with van der Waals surface area (Å²) in [5, 5.41) is 0. The molecular weight excluding hydrogens is 612 g/mol. The molecule has 0 radical (unpaired) electrons. The minimum absolute atomic E-state index is 0.241. The van der Waals surface area contributed by atoms with Crippen molar-refractivity contribution in [2.24, 2.45) is 32.7 Å². The van der Waals surface area contributed by atoms with Crippen LogP contribution in [0.4, 0.5) is 0 Å². The number of nitrogens with zero attached hydrogens (tertiary/aromatic N) is 6. The van der Waals surface area contributed by atoms with E-state index in [1.54, 1.807) is 18.2 Å². The van der Waals surface area contributed by atoms with Crippen molar-refractivity contribution in [2.45, 2.75) is 173 Å². The van der Waals surface area contributed by atoms with E-state index in [1.165, 1.54) is 13.7 Å². The summed E-state index contributed by atoms with van der Waals surface area (Å²) in [4.78, 5) is 91.7. The lowest BCUT2D eigenvalue weighted by atomic mass is 9.77. The lowest BCUT2D eigenvalue weighted by molar-refractivity contribution is 0.138. The summed E-state index contributed by atoms with van der Waals surface area (Å²) >= 11 is 0. The van der Waals surface area contributed by atoms with E-state index in [4.69, 9.17) is 0 Å². The highest BCUT2D eigenvalue weighted by Crippen LogP contribution is 2.41. The Morgan fingerprint density at radius 1 is 0.500 bits per heavy atom. The Balaban J connectivity index is 2.03. The van der Waals surface area contributed by atoms with Crippen molar-refractivity contribution in [3.63, 3.8) is 0 Å². The molecule has 0 aliphatic heterocycles. The number of isocyanates is 3. The average Bonchev–Trinajstić information content (AvgIpc) is 3.09. The zero-order chi connectivity index (χ0) is 34.6. The highest BCUT2D eigenvalue weighted by atomic mass is 16.2. The Morgan fingerprint density at radius 3 is 0.979 bits per heavy atom. The monoisotopic (exact) mass is 666 g/mol. The fraction of sp³-hybridized carbons (Fsp3) is 0.833. The molecule has 0 amide bonds. The minimum atomic E-state index is -0.630. The lowest BCUT2D eigenvalue weighted by Crippen LogP contribution is -2.60. The Morgan fingerprint density at radius 2 is 0.750 bits per heavy atom. The Hall–Kier alpha value is -3.45. The van der Waals surface area contributed by atoms with Gasteiger partial charge in [0.1, 0.15) is 0 Å². The predicted octanol–water partition coefficient (Wildman–Crippen LogP) is 5.88. The number of aliphatic imine (C=N–C) groups is 3. The molecule has 3 aliphatic rings. The summed E-state index contributed by atoms with van der Waals surface area (Å²) in [5.41, 5.74) is -1.89. The lowest BCUT2D eigenvalue weighted by Gasteiger charge is -2.40. The summed E-state index contributed by atoms with van der Waals surface area (Å²) in [6, 6.07) is -2.83. The summed E-state index contributed by atoms with van der Waals surface area (Å²) in [5.74, 6) is -0.724. The molecule has 3 fully saturated rings. The van der Waals surface area contributed by atoms with Crippen molar-refractivity contribution in [3.05, 3.63) is 31.5 Å². The van der Waals surface area contributed by atoms with Crippen LogP contribution in [0.1, 0.15) is 154 Å². The first-order chi connectivity index (χ1) is 23.4. The van der Waals surface area contributed by atoms with E-state index in [-0.39, 0.29) is 17.8 Å². The van der Waals surface area contributed by atoms with Crippen molar-refractivity contribution in [2.75, 3.05) is 0 Å². The summed E-state index contributed by atoms with van der Waals surface area (Å²) in [6.07, 6.45) is 18.2. The molecule has 1 heterocycles. The van der Waals surface area contributed by atoms with Crippen LogP contribution in [0.15, 0.2) is 29.4 Å². The molecule has 0 N–H and O–H groups in total. The van der Waals surface area contributed by atoms with Crippen LogP contribution >= 0.6 is 0 Å². The highest BCUT2D eigenvalue weighted by Gasteiger charge is 2.42. The van der Waals surface area contributed by atoms with Gasteiger partial charge in [0.25, 0.3) is 0 Å². The van der Waals surface area contributed by atoms with Crippen LogP contribution in [0, 0.1) is 17.8 Å². The van der Waals surface area contributed by atoms with E-state index in [2.05, 4.69) is 15.0 Å². The molecule has 3 aliphatic carbocycles. The summed E-state index contributed by atoms with van der Waals surface area (Å²) in [6.45, 7) is 6.04. The maximum Gasteiger partial charge on any atom is 0.336 e. The van der Waals surface area contributed by atoms with Crippen molar-refractivity contribution < 1.29 is 14.4 Å². The fourth-order valence-corrected chi connectivity index (χ4v) is 9.39. The number of carbonyl (C=O) groups excluding carboxylic acids is 3. The van der Waals surface area contributed by atoms with Crippen LogP contribution in [-0.4, -0.2) is 50.1 Å². The molecule has 9 atom stereocenters. The first-order valence-electron chi connectivity index (χ1n) is 18.6. The molecule has 0 spiro atoms. The van der Waals surface area contributed by atoms with Crippen molar-refractivity contribution >= 4 is 18.2 Å². The first kappa shape index (κ1) is 37.4. The van der Waals surface area contributed by atoms with Gasteiger partial charge in [0, 0.05) is 35.9 Å². The summed E-state index contributed by atoms with van der Waals surface area (Å²) in [7, 11) is 0. The summed E-state index contributed by atoms with van der Waals surface area (Å²) < 4.78 is 3.96. The second kappa shape index (κ2) is 18.4. The van der Waals surface area contributed by atoms with Gasteiger partial charge in [0.15, 0.2) is 0 Å². The van der Waals surface area contributed by atoms with Gasteiger partial charge < -0.3 is 0 Å². The maximum atomic E-state index is 14.9. The van der Waals surface area contributed by atoms with Crippen LogP contribution < -0.4 is 17.1 Å². The molecule has 12 heteroatoms. The van der Waals surface area contributed by atoms with E-state index in [1.807, 2.05) is 20.8 Å². The number of hydrogen-bond donors (Lipinski definition) is 0. The number of hydrogen-bond acceptors (Lipinski definition) is 9. The van der Waals surface area contributed by atoms with Crippen molar-refractivity contribution in [1.29, 1.82) is 0 Å². The van der Waals surface area contributed by atoms with Crippen LogP contribution in [0.2, 0.25) is 0 Å². The maximum absolute atomic E-state index is 14.9. The predicted molar refractivity (Wildman–Crippen MR) is 183 cm³/mol. The van der Waals surface area contributed by atoms with Gasteiger partial charge in [0.05, 0.1) is 18.1 Å². The third-order valence-corrected chi connectivity index (χ3v) is 11.5. The second-order valence-corrected chi connectivity index (χ2v) is 14.2. The van der Waals surface area contributed by atoms with Crippen LogP contribution in [-0.2, 0) is 14.4 Å². The topological polar surface area (TPSA) is 154 Å². The fourth-order valence-electron chi connectivity index (χ4n) is 9.39. The SMILES string of the molecule is CCCC(N=C=O)C1CCCCC1n1c(=O)n(C2CCCCC2C(CCC)N=C=O)c(=O)n(C2CCCCC2C(CCC)N=C=O)c1=O. The Labute approximate surface area is 282 Å². The molecule has 48 heavy (non-hydrogen) atoms. The van der Waals surface area contributed by atoms with Gasteiger partial charge in [-0.1, -0.05) is 78.6 Å². The largest absolute Gasteiger partial charge is 0.336 e. The molecule has 1 aromatic heterocycles. The first-order valence-corrected chi connectivity index (χ1v) is 18.6.